The van der Waals surface area contributed by atoms with E-state index >= 15 is 0 Å². The van der Waals surface area contributed by atoms with Crippen LogP contribution in [0.3, 0.4) is 0 Å². The van der Waals surface area contributed by atoms with E-state index in [9.17, 15) is 14.4 Å². The van der Waals surface area contributed by atoms with E-state index in [1.807, 2.05) is 0 Å². The average molecular weight is 370 g/mol. The number of aromatic nitrogens is 1. The summed E-state index contributed by atoms with van der Waals surface area (Å²) in [6.07, 6.45) is 1.66. The highest BCUT2D eigenvalue weighted by Gasteiger charge is 2.18. The van der Waals surface area contributed by atoms with Crippen LogP contribution >= 0.6 is 23.2 Å². The number of hydrogen-bond donors (Lipinski definition) is 2. The predicted molar refractivity (Wildman–Crippen MR) is 89.0 cm³/mol. The van der Waals surface area contributed by atoms with Crippen molar-refractivity contribution in [3.63, 3.8) is 0 Å². The molecule has 0 bridgehead atoms. The van der Waals surface area contributed by atoms with Crippen LogP contribution in [0, 0.1) is 0 Å². The molecule has 0 unspecified atom stereocenters. The molecular weight excluding hydrogens is 357 g/mol. The molecule has 3 N–H and O–H groups in total. The van der Waals surface area contributed by atoms with Gasteiger partial charge in [-0.05, 0) is 24.3 Å². The van der Waals surface area contributed by atoms with Gasteiger partial charge in [0.15, 0.2) is 6.61 Å². The molecule has 0 aliphatic rings. The Balaban J connectivity index is 1.96. The molecule has 7 nitrogen and oxygen atoms in total. The molecule has 2 rings (SSSR count). The lowest BCUT2D eigenvalue weighted by molar-refractivity contribution is -0.123. The van der Waals surface area contributed by atoms with Crippen molar-refractivity contribution in [3.05, 3.63) is 51.8 Å². The zero-order valence-electron chi connectivity index (χ0n) is 12.5. The molecule has 2 amide bonds. The van der Waals surface area contributed by atoms with Crippen LogP contribution in [0.4, 0.5) is 5.69 Å². The Morgan fingerprint density at radius 3 is 2.62 bits per heavy atom. The van der Waals surface area contributed by atoms with E-state index in [4.69, 9.17) is 33.7 Å². The molecule has 0 spiro atoms. The molecule has 0 fully saturated rings. The summed E-state index contributed by atoms with van der Waals surface area (Å²) in [5.74, 6) is -2.26. The number of halogens is 2. The van der Waals surface area contributed by atoms with Crippen LogP contribution in [0.2, 0.25) is 10.0 Å². The molecule has 24 heavy (non-hydrogen) atoms. The molecule has 0 aliphatic heterocycles. The van der Waals surface area contributed by atoms with Crippen LogP contribution in [0.25, 0.3) is 0 Å². The largest absolute Gasteiger partial charge is 0.452 e. The second-order valence-corrected chi connectivity index (χ2v) is 5.65. The van der Waals surface area contributed by atoms with Crippen LogP contribution in [0.1, 0.15) is 20.8 Å². The van der Waals surface area contributed by atoms with Gasteiger partial charge in [-0.25, -0.2) is 4.79 Å². The number of benzene rings is 1. The lowest BCUT2D eigenvalue weighted by atomic mass is 10.2. The van der Waals surface area contributed by atoms with Gasteiger partial charge in [0.05, 0.1) is 16.3 Å². The van der Waals surface area contributed by atoms with Crippen molar-refractivity contribution in [2.75, 3.05) is 12.3 Å². The van der Waals surface area contributed by atoms with Crippen molar-refractivity contribution in [1.82, 2.24) is 9.88 Å². The quantitative estimate of drug-likeness (QED) is 0.633. The Morgan fingerprint density at radius 1 is 1.29 bits per heavy atom. The summed E-state index contributed by atoms with van der Waals surface area (Å²) in [5.41, 5.74) is 5.89. The molecule has 0 saturated carbocycles. The third-order valence-electron chi connectivity index (χ3n) is 3.08. The van der Waals surface area contributed by atoms with Crippen LogP contribution < -0.4 is 11.1 Å². The van der Waals surface area contributed by atoms with E-state index in [1.165, 1.54) is 12.1 Å². The number of carbonyl (C=O) groups excluding carboxylic acids is 3. The van der Waals surface area contributed by atoms with E-state index in [2.05, 4.69) is 5.32 Å². The van der Waals surface area contributed by atoms with Gasteiger partial charge in [0.25, 0.3) is 11.8 Å². The first-order chi connectivity index (χ1) is 11.3. The van der Waals surface area contributed by atoms with Crippen molar-refractivity contribution >= 4 is 46.7 Å². The highest BCUT2D eigenvalue weighted by molar-refractivity contribution is 6.37. The Kier molecular flexibility index (Phi) is 5.48. The molecule has 0 atom stereocenters. The van der Waals surface area contributed by atoms with Crippen molar-refractivity contribution < 1.29 is 19.1 Å². The Labute approximate surface area is 147 Å². The first kappa shape index (κ1) is 17.8. The highest BCUT2D eigenvalue weighted by Crippen LogP contribution is 2.27. The van der Waals surface area contributed by atoms with Crippen molar-refractivity contribution in [2.24, 2.45) is 7.05 Å². The fourth-order valence-electron chi connectivity index (χ4n) is 1.89. The second-order valence-electron chi connectivity index (χ2n) is 4.81. The van der Waals surface area contributed by atoms with Gasteiger partial charge in [-0.15, -0.1) is 0 Å². The smallest absolute Gasteiger partial charge is 0.340 e. The lowest BCUT2D eigenvalue weighted by Crippen LogP contribution is -2.35. The molecule has 2 aromatic rings. The Bertz CT molecular complexity index is 817. The summed E-state index contributed by atoms with van der Waals surface area (Å²) in [5, 5.41) is 2.40. The van der Waals surface area contributed by atoms with Crippen LogP contribution in [-0.4, -0.2) is 29.0 Å². The minimum absolute atomic E-state index is 0.00800. The van der Waals surface area contributed by atoms with Gasteiger partial charge in [-0.1, -0.05) is 23.2 Å². The zero-order chi connectivity index (χ0) is 17.9. The summed E-state index contributed by atoms with van der Waals surface area (Å²) in [4.78, 5) is 35.5. The lowest BCUT2D eigenvalue weighted by Gasteiger charge is -2.09. The predicted octanol–water partition coefficient (Wildman–Crippen LogP) is 2.03. The van der Waals surface area contributed by atoms with Crippen LogP contribution in [-0.2, 0) is 16.6 Å². The van der Waals surface area contributed by atoms with E-state index < -0.39 is 24.4 Å². The van der Waals surface area contributed by atoms with E-state index in [1.54, 1.807) is 29.9 Å². The number of nitrogen functional groups attached to an aromatic ring is 1. The van der Waals surface area contributed by atoms with E-state index in [0.29, 0.717) is 5.69 Å². The van der Waals surface area contributed by atoms with E-state index in [0.717, 1.165) is 0 Å². The normalized spacial score (nSPS) is 10.3. The molecule has 0 saturated heterocycles. The standard InChI is InChI=1S/C15H13Cl2N3O4/c1-20-4-2-3-11(20)14(22)19-12(21)7-24-15(23)9-5-8(16)6-10(17)13(9)18/h2-6H,7,18H2,1H3,(H,19,21,22). The first-order valence-electron chi connectivity index (χ1n) is 6.66. The van der Waals surface area contributed by atoms with Gasteiger partial charge in [0.1, 0.15) is 5.69 Å². The van der Waals surface area contributed by atoms with Gasteiger partial charge in [0.2, 0.25) is 0 Å². The maximum Gasteiger partial charge on any atom is 0.340 e. The van der Waals surface area contributed by atoms with Gasteiger partial charge in [-0.2, -0.15) is 0 Å². The van der Waals surface area contributed by atoms with Crippen LogP contribution in [0.15, 0.2) is 30.5 Å². The maximum absolute atomic E-state index is 12.0. The number of esters is 1. The minimum Gasteiger partial charge on any atom is -0.452 e. The monoisotopic (exact) mass is 369 g/mol. The fraction of sp³-hybridized carbons (Fsp3) is 0.133. The van der Waals surface area contributed by atoms with E-state index in [-0.39, 0.29) is 21.3 Å². The third-order valence-corrected chi connectivity index (χ3v) is 3.61. The summed E-state index contributed by atoms with van der Waals surface area (Å²) >= 11 is 11.6. The number of nitrogens with zero attached hydrogens (tertiary/aromatic N) is 1. The van der Waals surface area contributed by atoms with Crippen molar-refractivity contribution in [2.45, 2.75) is 0 Å². The molecule has 1 aromatic heterocycles. The Hall–Kier alpha value is -2.51. The van der Waals surface area contributed by atoms with Gasteiger partial charge in [-0.3, -0.25) is 14.9 Å². The van der Waals surface area contributed by atoms with Crippen LogP contribution in [0.5, 0.6) is 0 Å². The number of nitrogens with two attached hydrogens (primary N) is 1. The summed E-state index contributed by atoms with van der Waals surface area (Å²) in [6, 6.07) is 5.85. The SMILES string of the molecule is Cn1cccc1C(=O)NC(=O)COC(=O)c1cc(Cl)cc(Cl)c1N. The highest BCUT2D eigenvalue weighted by atomic mass is 35.5. The average Bonchev–Trinajstić information content (AvgIpc) is 2.94. The number of hydrogen-bond acceptors (Lipinski definition) is 5. The maximum atomic E-state index is 12.0. The number of aryl methyl sites for hydroxylation is 1. The minimum atomic E-state index is -0.877. The molecule has 1 aromatic carbocycles. The number of rotatable bonds is 4. The fourth-order valence-corrected chi connectivity index (χ4v) is 2.38. The third kappa shape index (κ3) is 4.06. The molecule has 9 heteroatoms. The summed E-state index contributed by atoms with van der Waals surface area (Å²) in [7, 11) is 1.66. The molecule has 0 aliphatic carbocycles. The van der Waals surface area contributed by atoms with Gasteiger partial charge in [0, 0.05) is 18.3 Å². The number of anilines is 1. The summed E-state index contributed by atoms with van der Waals surface area (Å²) < 4.78 is 6.37. The Morgan fingerprint density at radius 2 is 2.00 bits per heavy atom. The first-order valence-corrected chi connectivity index (χ1v) is 7.42. The molecular formula is C15H13Cl2N3O4. The molecule has 0 radical (unpaired) electrons. The number of nitrogens with one attached hydrogen (secondary N) is 1. The topological polar surface area (TPSA) is 103 Å². The van der Waals surface area contributed by atoms with Crippen molar-refractivity contribution in [1.29, 1.82) is 0 Å². The van der Waals surface area contributed by atoms with Gasteiger partial charge < -0.3 is 15.0 Å². The number of amides is 2. The van der Waals surface area contributed by atoms with Gasteiger partial charge >= 0.3 is 5.97 Å². The van der Waals surface area contributed by atoms with Crippen molar-refractivity contribution in [3.8, 4) is 0 Å². The summed E-state index contributed by atoms with van der Waals surface area (Å²) in [6.45, 7) is -0.654. The second kappa shape index (κ2) is 7.37. The molecule has 1 heterocycles. The zero-order valence-corrected chi connectivity index (χ0v) is 14.0. The number of imide groups is 1. The number of ether oxygens (including phenoxy) is 1. The number of carbonyl (C=O) groups is 3. The molecule has 126 valence electrons.